The standard InChI is InChI=1S/C14H21NO5S/c1-4-15(10-5-6-21(18,19)9-10)13(17)12-7-11(16)8-14(2,3)20-12/h7,10H,4-6,8-9H2,1-3H3/t10-/m0/s1. The molecule has 0 aliphatic carbocycles. The van der Waals surface area contributed by atoms with Gasteiger partial charge in [-0.3, -0.25) is 9.59 Å². The van der Waals surface area contributed by atoms with Crippen molar-refractivity contribution in [3.8, 4) is 0 Å². The zero-order chi connectivity index (χ0) is 15.8. The van der Waals surface area contributed by atoms with Crippen molar-refractivity contribution in [1.82, 2.24) is 4.90 Å². The van der Waals surface area contributed by atoms with E-state index in [9.17, 15) is 18.0 Å². The van der Waals surface area contributed by atoms with Crippen LogP contribution in [0.4, 0.5) is 0 Å². The molecule has 0 spiro atoms. The van der Waals surface area contributed by atoms with Crippen LogP contribution in [-0.2, 0) is 24.2 Å². The number of sulfone groups is 1. The molecular formula is C14H21NO5S. The van der Waals surface area contributed by atoms with Crippen molar-refractivity contribution in [3.05, 3.63) is 11.8 Å². The van der Waals surface area contributed by atoms with Gasteiger partial charge >= 0.3 is 0 Å². The van der Waals surface area contributed by atoms with E-state index in [1.165, 1.54) is 11.0 Å². The predicted octanol–water partition coefficient (Wildman–Crippen LogP) is 0.674. The van der Waals surface area contributed by atoms with Crippen molar-refractivity contribution in [3.63, 3.8) is 0 Å². The molecule has 2 rings (SSSR count). The molecule has 1 fully saturated rings. The van der Waals surface area contributed by atoms with E-state index in [0.29, 0.717) is 13.0 Å². The number of hydrogen-bond acceptors (Lipinski definition) is 5. The Labute approximate surface area is 125 Å². The fourth-order valence-electron chi connectivity index (χ4n) is 2.82. The fourth-order valence-corrected chi connectivity index (χ4v) is 4.55. The molecule has 21 heavy (non-hydrogen) atoms. The van der Waals surface area contributed by atoms with E-state index in [1.54, 1.807) is 20.8 Å². The lowest BCUT2D eigenvalue weighted by Gasteiger charge is -2.33. The molecule has 0 radical (unpaired) electrons. The second-order valence-electron chi connectivity index (χ2n) is 6.16. The topological polar surface area (TPSA) is 80.8 Å². The first-order valence-electron chi connectivity index (χ1n) is 7.08. The minimum Gasteiger partial charge on any atom is -0.481 e. The van der Waals surface area contributed by atoms with Gasteiger partial charge in [0, 0.05) is 25.1 Å². The number of likely N-dealkylation sites (N-methyl/N-ethyl adjacent to an activating group) is 1. The Balaban J connectivity index is 2.19. The van der Waals surface area contributed by atoms with Gasteiger partial charge in [-0.15, -0.1) is 0 Å². The van der Waals surface area contributed by atoms with Gasteiger partial charge in [0.15, 0.2) is 21.4 Å². The highest BCUT2D eigenvalue weighted by molar-refractivity contribution is 7.91. The number of hydrogen-bond donors (Lipinski definition) is 0. The monoisotopic (exact) mass is 315 g/mol. The molecule has 6 nitrogen and oxygen atoms in total. The Morgan fingerprint density at radius 3 is 2.62 bits per heavy atom. The molecule has 0 N–H and O–H groups in total. The Morgan fingerprint density at radius 1 is 1.48 bits per heavy atom. The molecule has 0 saturated carbocycles. The normalized spacial score (nSPS) is 26.9. The quantitative estimate of drug-likeness (QED) is 0.765. The third-order valence-electron chi connectivity index (χ3n) is 3.74. The van der Waals surface area contributed by atoms with Gasteiger partial charge < -0.3 is 9.64 Å². The molecular weight excluding hydrogens is 294 g/mol. The Hall–Kier alpha value is -1.37. The van der Waals surface area contributed by atoms with Crippen LogP contribution in [0, 0.1) is 0 Å². The molecule has 2 aliphatic rings. The van der Waals surface area contributed by atoms with E-state index in [0.717, 1.165) is 0 Å². The lowest BCUT2D eigenvalue weighted by Crippen LogP contribution is -2.44. The molecule has 1 atom stereocenters. The number of amides is 1. The fraction of sp³-hybridized carbons (Fsp3) is 0.714. The molecule has 0 unspecified atom stereocenters. The summed E-state index contributed by atoms with van der Waals surface area (Å²) >= 11 is 0. The molecule has 7 heteroatoms. The number of ketones is 1. The number of nitrogens with zero attached hydrogens (tertiary/aromatic N) is 1. The molecule has 118 valence electrons. The second-order valence-corrected chi connectivity index (χ2v) is 8.39. The van der Waals surface area contributed by atoms with Gasteiger partial charge in [0.25, 0.3) is 5.91 Å². The van der Waals surface area contributed by atoms with Gasteiger partial charge in [0.05, 0.1) is 11.5 Å². The number of allylic oxidation sites excluding steroid dienone is 1. The van der Waals surface area contributed by atoms with Gasteiger partial charge in [0.1, 0.15) is 5.60 Å². The van der Waals surface area contributed by atoms with Crippen LogP contribution in [0.1, 0.15) is 33.6 Å². The number of carbonyl (C=O) groups excluding carboxylic acids is 2. The summed E-state index contributed by atoms with van der Waals surface area (Å²) in [5.74, 6) is -0.448. The molecule has 0 aromatic heterocycles. The van der Waals surface area contributed by atoms with Crippen molar-refractivity contribution in [2.45, 2.75) is 45.3 Å². The third-order valence-corrected chi connectivity index (χ3v) is 5.49. The number of ether oxygens (including phenoxy) is 1. The summed E-state index contributed by atoms with van der Waals surface area (Å²) in [6.07, 6.45) is 1.89. The summed E-state index contributed by atoms with van der Waals surface area (Å²) in [6, 6.07) is -0.336. The van der Waals surface area contributed by atoms with Crippen molar-refractivity contribution in [2.24, 2.45) is 0 Å². The van der Waals surface area contributed by atoms with Crippen LogP contribution in [0.2, 0.25) is 0 Å². The largest absolute Gasteiger partial charge is 0.481 e. The summed E-state index contributed by atoms with van der Waals surface area (Å²) in [4.78, 5) is 25.7. The zero-order valence-electron chi connectivity index (χ0n) is 12.6. The van der Waals surface area contributed by atoms with Crippen LogP contribution in [0.25, 0.3) is 0 Å². The average molecular weight is 315 g/mol. The molecule has 1 amide bonds. The summed E-state index contributed by atoms with van der Waals surface area (Å²) in [7, 11) is -3.07. The third kappa shape index (κ3) is 3.64. The van der Waals surface area contributed by atoms with Crippen molar-refractivity contribution < 1.29 is 22.7 Å². The predicted molar refractivity (Wildman–Crippen MR) is 77.3 cm³/mol. The summed E-state index contributed by atoms with van der Waals surface area (Å²) in [5.41, 5.74) is -0.710. The zero-order valence-corrected chi connectivity index (χ0v) is 13.4. The molecule has 0 aromatic rings. The molecule has 2 aliphatic heterocycles. The van der Waals surface area contributed by atoms with Gasteiger partial charge in [-0.1, -0.05) is 0 Å². The van der Waals surface area contributed by atoms with Crippen LogP contribution < -0.4 is 0 Å². The molecule has 1 saturated heterocycles. The van der Waals surface area contributed by atoms with Gasteiger partial charge in [-0.25, -0.2) is 8.42 Å². The van der Waals surface area contributed by atoms with Gasteiger partial charge in [-0.05, 0) is 27.2 Å². The Morgan fingerprint density at radius 2 is 2.14 bits per heavy atom. The SMILES string of the molecule is CCN(C(=O)C1=CC(=O)CC(C)(C)O1)[C@H]1CCS(=O)(=O)C1. The van der Waals surface area contributed by atoms with E-state index in [4.69, 9.17) is 4.74 Å². The number of carbonyl (C=O) groups is 2. The molecule has 0 aromatic carbocycles. The average Bonchev–Trinajstić information content (AvgIpc) is 2.67. The summed E-state index contributed by atoms with van der Waals surface area (Å²) in [5, 5.41) is 0. The van der Waals surface area contributed by atoms with Crippen LogP contribution in [-0.4, -0.2) is 54.7 Å². The maximum absolute atomic E-state index is 12.5. The minimum absolute atomic E-state index is 0.0161. The van der Waals surface area contributed by atoms with Gasteiger partial charge in [0.2, 0.25) is 0 Å². The van der Waals surface area contributed by atoms with Crippen LogP contribution in [0.3, 0.4) is 0 Å². The Kier molecular flexibility index (Phi) is 4.15. The van der Waals surface area contributed by atoms with Crippen LogP contribution in [0.15, 0.2) is 11.8 Å². The summed E-state index contributed by atoms with van der Waals surface area (Å²) in [6.45, 7) is 5.68. The van der Waals surface area contributed by atoms with E-state index >= 15 is 0 Å². The first kappa shape index (κ1) is 16.0. The van der Waals surface area contributed by atoms with Crippen LogP contribution >= 0.6 is 0 Å². The van der Waals surface area contributed by atoms with Crippen molar-refractivity contribution >= 4 is 21.5 Å². The van der Waals surface area contributed by atoms with E-state index in [-0.39, 0.29) is 35.5 Å². The smallest absolute Gasteiger partial charge is 0.289 e. The first-order chi connectivity index (χ1) is 9.63. The highest BCUT2D eigenvalue weighted by Crippen LogP contribution is 2.27. The minimum atomic E-state index is -3.07. The Bertz CT molecular complexity index is 590. The van der Waals surface area contributed by atoms with E-state index in [2.05, 4.69) is 0 Å². The van der Waals surface area contributed by atoms with E-state index in [1.807, 2.05) is 0 Å². The van der Waals surface area contributed by atoms with Crippen LogP contribution in [0.5, 0.6) is 0 Å². The lowest BCUT2D eigenvalue weighted by molar-refractivity contribution is -0.139. The second kappa shape index (κ2) is 5.44. The maximum Gasteiger partial charge on any atom is 0.289 e. The lowest BCUT2D eigenvalue weighted by atomic mass is 9.98. The maximum atomic E-state index is 12.5. The van der Waals surface area contributed by atoms with E-state index < -0.39 is 21.3 Å². The highest BCUT2D eigenvalue weighted by Gasteiger charge is 2.38. The molecule has 0 bridgehead atoms. The first-order valence-corrected chi connectivity index (χ1v) is 8.90. The molecule has 2 heterocycles. The summed E-state index contributed by atoms with van der Waals surface area (Å²) < 4.78 is 28.8. The number of rotatable bonds is 3. The highest BCUT2D eigenvalue weighted by atomic mass is 32.2. The van der Waals surface area contributed by atoms with Gasteiger partial charge in [-0.2, -0.15) is 0 Å². The van der Waals surface area contributed by atoms with Crippen molar-refractivity contribution in [2.75, 3.05) is 18.1 Å². The van der Waals surface area contributed by atoms with Crippen molar-refractivity contribution in [1.29, 1.82) is 0 Å².